The van der Waals surface area contributed by atoms with Gasteiger partial charge in [-0.1, -0.05) is 91.0 Å². The largest absolute Gasteiger partial charge is 0.507 e. The van der Waals surface area contributed by atoms with Crippen molar-refractivity contribution in [2.75, 3.05) is 0 Å². The summed E-state index contributed by atoms with van der Waals surface area (Å²) in [4.78, 5) is 26.2. The highest BCUT2D eigenvalue weighted by Gasteiger charge is 2.25. The lowest BCUT2D eigenvalue weighted by Gasteiger charge is -2.19. The molecular formula is C29H21NO4. The van der Waals surface area contributed by atoms with Gasteiger partial charge in [0.25, 0.3) is 5.56 Å². The molecule has 0 aliphatic heterocycles. The molecule has 0 spiro atoms. The van der Waals surface area contributed by atoms with Crippen molar-refractivity contribution in [2.24, 2.45) is 0 Å². The molecular weight excluding hydrogens is 426 g/mol. The number of carbonyl (C=O) groups is 1. The topological polar surface area (TPSA) is 79.5 Å². The zero-order chi connectivity index (χ0) is 23.7. The van der Waals surface area contributed by atoms with Crippen LogP contribution in [-0.2, 0) is 6.54 Å². The van der Waals surface area contributed by atoms with Crippen LogP contribution in [0.25, 0.3) is 33.2 Å². The number of nitrogens with zero attached hydrogens (tertiary/aromatic N) is 1. The Morgan fingerprint density at radius 3 is 2.15 bits per heavy atom. The van der Waals surface area contributed by atoms with Crippen molar-refractivity contribution in [2.45, 2.75) is 6.54 Å². The first-order chi connectivity index (χ1) is 16.5. The summed E-state index contributed by atoms with van der Waals surface area (Å²) in [5.41, 5.74) is 1.74. The summed E-state index contributed by atoms with van der Waals surface area (Å²) in [6.45, 7) is 0.214. The molecule has 0 unspecified atom stereocenters. The maximum atomic E-state index is 13.8. The lowest BCUT2D eigenvalue weighted by molar-refractivity contribution is 0.0695. The van der Waals surface area contributed by atoms with Crippen LogP contribution < -0.4 is 5.56 Å². The molecule has 0 atom stereocenters. The number of aromatic hydroxyl groups is 1. The summed E-state index contributed by atoms with van der Waals surface area (Å²) in [6.07, 6.45) is 0. The number of phenolic OH excluding ortho intramolecular Hbond substituents is 1. The number of fused-ring (bicyclic) bond motifs is 1. The second-order valence-electron chi connectivity index (χ2n) is 8.05. The van der Waals surface area contributed by atoms with E-state index in [1.807, 2.05) is 84.9 Å². The van der Waals surface area contributed by atoms with E-state index in [0.717, 1.165) is 16.5 Å². The molecule has 1 heterocycles. The molecule has 0 saturated heterocycles. The summed E-state index contributed by atoms with van der Waals surface area (Å²) in [6, 6.07) is 31.2. The third-order valence-corrected chi connectivity index (χ3v) is 5.94. The van der Waals surface area contributed by atoms with Gasteiger partial charge in [0, 0.05) is 11.1 Å². The number of carboxylic acid groups (broad SMARTS) is 1. The fourth-order valence-electron chi connectivity index (χ4n) is 4.36. The van der Waals surface area contributed by atoms with Gasteiger partial charge >= 0.3 is 5.97 Å². The maximum absolute atomic E-state index is 13.8. The number of aromatic nitrogens is 1. The van der Waals surface area contributed by atoms with Gasteiger partial charge < -0.3 is 14.8 Å². The number of carboxylic acids is 1. The minimum atomic E-state index is -1.34. The van der Waals surface area contributed by atoms with E-state index >= 15 is 0 Å². The zero-order valence-electron chi connectivity index (χ0n) is 18.2. The van der Waals surface area contributed by atoms with E-state index < -0.39 is 11.5 Å². The van der Waals surface area contributed by atoms with Crippen LogP contribution in [0.15, 0.2) is 108 Å². The first kappa shape index (κ1) is 21.2. The normalized spacial score (nSPS) is 10.9. The van der Waals surface area contributed by atoms with E-state index in [0.29, 0.717) is 16.6 Å². The molecule has 5 nitrogen and oxygen atoms in total. The lowest BCUT2D eigenvalue weighted by Crippen LogP contribution is -2.29. The van der Waals surface area contributed by atoms with Gasteiger partial charge in [-0.05, 0) is 34.0 Å². The Balaban J connectivity index is 1.88. The van der Waals surface area contributed by atoms with Crippen LogP contribution >= 0.6 is 0 Å². The quantitative estimate of drug-likeness (QED) is 0.358. The fourth-order valence-corrected chi connectivity index (χ4v) is 4.36. The van der Waals surface area contributed by atoms with Gasteiger partial charge in [-0.2, -0.15) is 0 Å². The predicted molar refractivity (Wildman–Crippen MR) is 133 cm³/mol. The molecule has 5 heteroatoms. The van der Waals surface area contributed by atoms with E-state index in [9.17, 15) is 19.8 Å². The predicted octanol–water partition coefficient (Wildman–Crippen LogP) is 5.79. The molecule has 5 aromatic rings. The Bertz CT molecular complexity index is 1570. The monoisotopic (exact) mass is 447 g/mol. The summed E-state index contributed by atoms with van der Waals surface area (Å²) in [7, 11) is 0. The van der Waals surface area contributed by atoms with E-state index in [-0.39, 0.29) is 23.4 Å². The van der Waals surface area contributed by atoms with Crippen molar-refractivity contribution in [1.29, 1.82) is 0 Å². The number of hydrogen-bond acceptors (Lipinski definition) is 3. The standard InChI is InChI=1S/C29H21NO4/c31-25-16-15-20-11-7-8-14-22(20)26(25)23-17-24(21-12-5-2-6-13-21)30(28(32)27(23)29(33)34)18-19-9-3-1-4-10-19/h1-17,31H,18H2,(H,33,34). The van der Waals surface area contributed by atoms with E-state index in [1.165, 1.54) is 10.6 Å². The number of rotatable bonds is 5. The molecule has 166 valence electrons. The Morgan fingerprint density at radius 1 is 0.794 bits per heavy atom. The van der Waals surface area contributed by atoms with Crippen LogP contribution in [-0.4, -0.2) is 20.7 Å². The summed E-state index contributed by atoms with van der Waals surface area (Å²) < 4.78 is 1.49. The highest BCUT2D eigenvalue weighted by Crippen LogP contribution is 2.39. The van der Waals surface area contributed by atoms with Crippen molar-refractivity contribution in [1.82, 2.24) is 4.57 Å². The molecule has 1 aromatic heterocycles. The smallest absolute Gasteiger partial charge is 0.341 e. The first-order valence-corrected chi connectivity index (χ1v) is 10.9. The van der Waals surface area contributed by atoms with E-state index in [4.69, 9.17) is 0 Å². The average Bonchev–Trinajstić information content (AvgIpc) is 2.86. The van der Waals surface area contributed by atoms with Crippen molar-refractivity contribution in [3.8, 4) is 28.1 Å². The molecule has 0 radical (unpaired) electrons. The van der Waals surface area contributed by atoms with Gasteiger partial charge in [-0.3, -0.25) is 4.79 Å². The number of aromatic carboxylic acids is 1. The molecule has 0 fully saturated rings. The van der Waals surface area contributed by atoms with Crippen molar-refractivity contribution >= 4 is 16.7 Å². The molecule has 2 N–H and O–H groups in total. The minimum Gasteiger partial charge on any atom is -0.507 e. The number of phenols is 1. The summed E-state index contributed by atoms with van der Waals surface area (Å²) >= 11 is 0. The molecule has 4 aromatic carbocycles. The molecule has 5 rings (SSSR count). The summed E-state index contributed by atoms with van der Waals surface area (Å²) in [5.74, 6) is -1.42. The Kier molecular flexibility index (Phi) is 5.44. The van der Waals surface area contributed by atoms with Crippen molar-refractivity contribution < 1.29 is 15.0 Å². The minimum absolute atomic E-state index is 0.0829. The lowest BCUT2D eigenvalue weighted by atomic mass is 9.92. The molecule has 0 amide bonds. The number of benzene rings is 4. The van der Waals surface area contributed by atoms with Gasteiger partial charge in [0.2, 0.25) is 0 Å². The van der Waals surface area contributed by atoms with Gasteiger partial charge in [0.05, 0.1) is 12.2 Å². The second kappa shape index (κ2) is 8.71. The van der Waals surface area contributed by atoms with Crippen LogP contribution in [0.3, 0.4) is 0 Å². The fraction of sp³-hybridized carbons (Fsp3) is 0.0345. The SMILES string of the molecule is O=C(O)c1c(-c2c(O)ccc3ccccc23)cc(-c2ccccc2)n(Cc2ccccc2)c1=O. The summed E-state index contributed by atoms with van der Waals surface area (Å²) in [5, 5.41) is 22.5. The maximum Gasteiger partial charge on any atom is 0.341 e. The molecule has 0 aliphatic carbocycles. The van der Waals surface area contributed by atoms with Crippen molar-refractivity contribution in [3.63, 3.8) is 0 Å². The first-order valence-electron chi connectivity index (χ1n) is 10.9. The third-order valence-electron chi connectivity index (χ3n) is 5.94. The molecule has 0 aliphatic rings. The Labute approximate surface area is 195 Å². The van der Waals surface area contributed by atoms with E-state index in [1.54, 1.807) is 12.1 Å². The molecule has 34 heavy (non-hydrogen) atoms. The Morgan fingerprint density at radius 2 is 1.44 bits per heavy atom. The van der Waals surface area contributed by atoms with Gasteiger partial charge in [-0.15, -0.1) is 0 Å². The zero-order valence-corrected chi connectivity index (χ0v) is 18.2. The second-order valence-corrected chi connectivity index (χ2v) is 8.05. The highest BCUT2D eigenvalue weighted by molar-refractivity contribution is 6.06. The van der Waals surface area contributed by atoms with Crippen LogP contribution in [0, 0.1) is 0 Å². The van der Waals surface area contributed by atoms with Gasteiger partial charge in [-0.25, -0.2) is 4.79 Å². The van der Waals surface area contributed by atoms with Crippen LogP contribution in [0.2, 0.25) is 0 Å². The molecule has 0 bridgehead atoms. The van der Waals surface area contributed by atoms with Gasteiger partial charge in [0.15, 0.2) is 0 Å². The number of pyridine rings is 1. The van der Waals surface area contributed by atoms with E-state index in [2.05, 4.69) is 0 Å². The highest BCUT2D eigenvalue weighted by atomic mass is 16.4. The number of hydrogen-bond donors (Lipinski definition) is 2. The van der Waals surface area contributed by atoms with Crippen molar-refractivity contribution in [3.05, 3.63) is 125 Å². The van der Waals surface area contributed by atoms with Gasteiger partial charge in [0.1, 0.15) is 11.3 Å². The van der Waals surface area contributed by atoms with Crippen LogP contribution in [0.5, 0.6) is 5.75 Å². The average molecular weight is 447 g/mol. The third kappa shape index (κ3) is 3.73. The Hall–Kier alpha value is -4.64. The molecule has 0 saturated carbocycles. The van der Waals surface area contributed by atoms with Crippen LogP contribution in [0.4, 0.5) is 0 Å². The van der Waals surface area contributed by atoms with Crippen LogP contribution in [0.1, 0.15) is 15.9 Å².